The Morgan fingerprint density at radius 1 is 1.25 bits per heavy atom. The normalized spacial score (nSPS) is 10.4. The largest absolute Gasteiger partial charge is 0.465 e. The van der Waals surface area contributed by atoms with Gasteiger partial charge in [-0.3, -0.25) is 4.79 Å². The first-order valence-corrected chi connectivity index (χ1v) is 7.68. The Hall–Kier alpha value is -1.66. The summed E-state index contributed by atoms with van der Waals surface area (Å²) in [5.74, 6) is -0.630. The maximum Gasteiger partial charge on any atom is 0.350 e. The number of carbonyl (C=O) groups excluding carboxylic acids is 2. The number of methoxy groups -OCH3 is 1. The smallest absolute Gasteiger partial charge is 0.350 e. The van der Waals surface area contributed by atoms with Crippen molar-refractivity contribution in [2.75, 3.05) is 12.4 Å². The molecule has 0 radical (unpaired) electrons. The summed E-state index contributed by atoms with van der Waals surface area (Å²) in [6.45, 7) is 5.72. The molecule has 4 nitrogen and oxygen atoms in total. The molecule has 6 heteroatoms. The quantitative estimate of drug-likeness (QED) is 0.878. The number of nitrogens with one attached hydrogen (secondary N) is 1. The first-order valence-electron chi connectivity index (χ1n) is 5.98. The number of rotatable bonds is 3. The summed E-state index contributed by atoms with van der Waals surface area (Å²) in [6.07, 6.45) is 0. The van der Waals surface area contributed by atoms with Crippen LogP contribution in [-0.4, -0.2) is 19.0 Å². The summed E-state index contributed by atoms with van der Waals surface area (Å²) < 4.78 is 4.73. The number of thiophene rings is 2. The molecule has 0 spiro atoms. The lowest BCUT2D eigenvalue weighted by atomic mass is 10.2. The van der Waals surface area contributed by atoms with E-state index >= 15 is 0 Å². The average Bonchev–Trinajstić information content (AvgIpc) is 2.92. The monoisotopic (exact) mass is 309 g/mol. The van der Waals surface area contributed by atoms with Crippen LogP contribution in [0.5, 0.6) is 0 Å². The van der Waals surface area contributed by atoms with E-state index in [0.717, 1.165) is 15.3 Å². The third-order valence-corrected chi connectivity index (χ3v) is 4.91. The van der Waals surface area contributed by atoms with E-state index < -0.39 is 5.97 Å². The van der Waals surface area contributed by atoms with Gasteiger partial charge in [0.2, 0.25) is 0 Å². The third-order valence-electron chi connectivity index (χ3n) is 2.87. The highest BCUT2D eigenvalue weighted by Crippen LogP contribution is 2.29. The van der Waals surface area contributed by atoms with Gasteiger partial charge in [-0.25, -0.2) is 4.79 Å². The van der Waals surface area contributed by atoms with E-state index in [2.05, 4.69) is 5.32 Å². The maximum absolute atomic E-state index is 12.3. The number of esters is 1. The Morgan fingerprint density at radius 2 is 1.95 bits per heavy atom. The van der Waals surface area contributed by atoms with E-state index in [0.29, 0.717) is 16.1 Å². The predicted octanol–water partition coefficient (Wildman–Crippen LogP) is 3.77. The van der Waals surface area contributed by atoms with E-state index in [4.69, 9.17) is 4.74 Å². The zero-order valence-corrected chi connectivity index (χ0v) is 13.3. The van der Waals surface area contributed by atoms with Gasteiger partial charge >= 0.3 is 5.97 Å². The van der Waals surface area contributed by atoms with Crippen molar-refractivity contribution in [2.24, 2.45) is 0 Å². The second kappa shape index (κ2) is 5.76. The molecule has 2 rings (SSSR count). The summed E-state index contributed by atoms with van der Waals surface area (Å²) in [4.78, 5) is 26.5. The zero-order chi connectivity index (χ0) is 14.9. The van der Waals surface area contributed by atoms with Crippen LogP contribution in [-0.2, 0) is 4.74 Å². The minimum atomic E-state index is -0.434. The van der Waals surface area contributed by atoms with Crippen molar-refractivity contribution < 1.29 is 14.3 Å². The van der Waals surface area contributed by atoms with Gasteiger partial charge in [0.25, 0.3) is 5.91 Å². The highest BCUT2D eigenvalue weighted by molar-refractivity contribution is 7.13. The molecule has 0 bridgehead atoms. The minimum absolute atomic E-state index is 0.196. The van der Waals surface area contributed by atoms with Crippen molar-refractivity contribution in [1.29, 1.82) is 0 Å². The molecule has 0 unspecified atom stereocenters. The van der Waals surface area contributed by atoms with E-state index in [9.17, 15) is 9.59 Å². The zero-order valence-electron chi connectivity index (χ0n) is 11.7. The molecule has 0 aliphatic rings. The number of anilines is 1. The van der Waals surface area contributed by atoms with Gasteiger partial charge in [-0.05, 0) is 37.8 Å². The summed E-state index contributed by atoms with van der Waals surface area (Å²) in [5, 5.41) is 4.65. The first-order chi connectivity index (χ1) is 9.43. The van der Waals surface area contributed by atoms with Crippen LogP contribution in [0.1, 0.15) is 35.3 Å². The number of hydrogen-bond donors (Lipinski definition) is 1. The second-order valence-electron chi connectivity index (χ2n) is 4.40. The molecular formula is C14H15NO3S2. The molecule has 20 heavy (non-hydrogen) atoms. The van der Waals surface area contributed by atoms with Crippen LogP contribution in [0.15, 0.2) is 11.4 Å². The van der Waals surface area contributed by atoms with Crippen molar-refractivity contribution in [3.8, 4) is 0 Å². The first kappa shape index (κ1) is 14.7. The molecule has 0 aromatic carbocycles. The van der Waals surface area contributed by atoms with Crippen molar-refractivity contribution in [1.82, 2.24) is 0 Å². The van der Waals surface area contributed by atoms with Crippen LogP contribution in [0.4, 0.5) is 5.69 Å². The molecule has 1 N–H and O–H groups in total. The van der Waals surface area contributed by atoms with Crippen molar-refractivity contribution in [3.05, 3.63) is 37.2 Å². The van der Waals surface area contributed by atoms with Gasteiger partial charge in [0.1, 0.15) is 4.88 Å². The molecule has 2 heterocycles. The topological polar surface area (TPSA) is 55.4 Å². The third kappa shape index (κ3) is 2.76. The van der Waals surface area contributed by atoms with Crippen LogP contribution >= 0.6 is 22.7 Å². The summed E-state index contributed by atoms with van der Waals surface area (Å²) in [6, 6.07) is 1.86. The second-order valence-corrected chi connectivity index (χ2v) is 6.74. The van der Waals surface area contributed by atoms with Crippen LogP contribution in [0.25, 0.3) is 0 Å². The van der Waals surface area contributed by atoms with Gasteiger partial charge in [-0.2, -0.15) is 0 Å². The number of amides is 1. The Labute approximate surface area is 125 Å². The van der Waals surface area contributed by atoms with E-state index in [-0.39, 0.29) is 5.91 Å². The Balaban J connectivity index is 2.30. The average molecular weight is 309 g/mol. The number of hydrogen-bond acceptors (Lipinski definition) is 5. The van der Waals surface area contributed by atoms with Crippen molar-refractivity contribution in [2.45, 2.75) is 20.8 Å². The van der Waals surface area contributed by atoms with E-state index in [1.165, 1.54) is 18.4 Å². The predicted molar refractivity (Wildman–Crippen MR) is 82.1 cm³/mol. The lowest BCUT2D eigenvalue weighted by molar-refractivity contribution is 0.0607. The summed E-state index contributed by atoms with van der Waals surface area (Å²) in [7, 11) is 1.33. The SMILES string of the molecule is COC(=O)c1scc(C)c1NC(=O)c1cc(C)sc1C. The molecule has 0 aliphatic carbocycles. The highest BCUT2D eigenvalue weighted by Gasteiger charge is 2.20. The maximum atomic E-state index is 12.3. The Bertz CT molecular complexity index is 670. The molecule has 0 atom stereocenters. The summed E-state index contributed by atoms with van der Waals surface area (Å²) in [5.41, 5.74) is 2.04. The standard InChI is InChI=1S/C14H15NO3S2/c1-7-6-19-12(14(17)18-4)11(7)15-13(16)10-5-8(2)20-9(10)3/h5-6H,1-4H3,(H,15,16). The summed E-state index contributed by atoms with van der Waals surface area (Å²) >= 11 is 2.85. The fraction of sp³-hybridized carbons (Fsp3) is 0.286. The molecule has 0 fully saturated rings. The van der Waals surface area contributed by atoms with Gasteiger partial charge in [0.05, 0.1) is 18.4 Å². The number of aryl methyl sites for hydroxylation is 3. The molecule has 0 aliphatic heterocycles. The van der Waals surface area contributed by atoms with Crippen molar-refractivity contribution >= 4 is 40.2 Å². The Morgan fingerprint density at radius 3 is 2.50 bits per heavy atom. The van der Waals surface area contributed by atoms with Gasteiger partial charge in [-0.1, -0.05) is 0 Å². The highest BCUT2D eigenvalue weighted by atomic mass is 32.1. The fourth-order valence-electron chi connectivity index (χ4n) is 1.88. The van der Waals surface area contributed by atoms with Crippen LogP contribution < -0.4 is 5.32 Å². The van der Waals surface area contributed by atoms with Gasteiger partial charge in [0.15, 0.2) is 0 Å². The molecule has 1 amide bonds. The molecule has 106 valence electrons. The van der Waals surface area contributed by atoms with Crippen LogP contribution in [0, 0.1) is 20.8 Å². The van der Waals surface area contributed by atoms with Gasteiger partial charge in [0, 0.05) is 9.75 Å². The van der Waals surface area contributed by atoms with Gasteiger partial charge in [-0.15, -0.1) is 22.7 Å². The van der Waals surface area contributed by atoms with Crippen LogP contribution in [0.3, 0.4) is 0 Å². The molecular weight excluding hydrogens is 294 g/mol. The minimum Gasteiger partial charge on any atom is -0.465 e. The molecule has 2 aromatic heterocycles. The number of ether oxygens (including phenoxy) is 1. The number of carbonyl (C=O) groups is 2. The van der Waals surface area contributed by atoms with Gasteiger partial charge < -0.3 is 10.1 Å². The fourth-order valence-corrected chi connectivity index (χ4v) is 3.72. The molecule has 2 aromatic rings. The lowest BCUT2D eigenvalue weighted by Crippen LogP contribution is -2.14. The Kier molecular flexibility index (Phi) is 4.25. The van der Waals surface area contributed by atoms with E-state index in [1.807, 2.05) is 32.2 Å². The lowest BCUT2D eigenvalue weighted by Gasteiger charge is -2.07. The molecule has 0 saturated heterocycles. The molecule has 0 saturated carbocycles. The van der Waals surface area contributed by atoms with Crippen LogP contribution in [0.2, 0.25) is 0 Å². The van der Waals surface area contributed by atoms with Crippen molar-refractivity contribution in [3.63, 3.8) is 0 Å². The van der Waals surface area contributed by atoms with E-state index in [1.54, 1.807) is 11.3 Å².